The summed E-state index contributed by atoms with van der Waals surface area (Å²) in [6, 6.07) is 19.2. The van der Waals surface area contributed by atoms with Gasteiger partial charge in [0.05, 0.1) is 0 Å². The Hall–Kier alpha value is -1.56. The molecule has 2 rings (SSSR count). The Morgan fingerprint density at radius 3 is 1.53 bits per heavy atom. The second-order valence-electron chi connectivity index (χ2n) is 4.71. The number of hydrogen-bond acceptors (Lipinski definition) is 0. The molecular weight excluding hydrogens is 228 g/mol. The van der Waals surface area contributed by atoms with Crippen molar-refractivity contribution in [2.24, 2.45) is 0 Å². The summed E-state index contributed by atoms with van der Waals surface area (Å²) in [4.78, 5) is 0. The molecule has 0 aliphatic carbocycles. The van der Waals surface area contributed by atoms with E-state index in [9.17, 15) is 0 Å². The van der Waals surface area contributed by atoms with Crippen LogP contribution in [0, 0.1) is 0 Å². The van der Waals surface area contributed by atoms with Gasteiger partial charge in [0.1, 0.15) is 0 Å². The molecule has 0 heteroatoms. The Bertz CT molecular complexity index is 420. The van der Waals surface area contributed by atoms with Gasteiger partial charge in [-0.15, -0.1) is 0 Å². The average Bonchev–Trinajstić information content (AvgIpc) is 2.49. The van der Waals surface area contributed by atoms with Crippen molar-refractivity contribution in [3.63, 3.8) is 0 Å². The van der Waals surface area contributed by atoms with E-state index in [0.29, 0.717) is 0 Å². The van der Waals surface area contributed by atoms with Crippen molar-refractivity contribution < 1.29 is 0 Å². The van der Waals surface area contributed by atoms with Crippen LogP contribution in [0.5, 0.6) is 0 Å². The molecule has 2 aromatic carbocycles. The third-order valence-corrected chi connectivity index (χ3v) is 3.26. The van der Waals surface area contributed by atoms with E-state index in [4.69, 9.17) is 0 Å². The van der Waals surface area contributed by atoms with Crippen LogP contribution in [0.3, 0.4) is 0 Å². The van der Waals surface area contributed by atoms with Gasteiger partial charge in [0, 0.05) is 0 Å². The molecule has 0 N–H and O–H groups in total. The molecule has 0 aromatic heterocycles. The topological polar surface area (TPSA) is 0 Å². The molecule has 0 aliphatic heterocycles. The van der Waals surface area contributed by atoms with Gasteiger partial charge in [-0.1, -0.05) is 81.8 Å². The van der Waals surface area contributed by atoms with Crippen LogP contribution in [0.2, 0.25) is 0 Å². The highest BCUT2D eigenvalue weighted by Gasteiger charge is 1.93. The average molecular weight is 254 g/mol. The van der Waals surface area contributed by atoms with Gasteiger partial charge >= 0.3 is 0 Å². The molecule has 0 nitrogen and oxygen atoms in total. The zero-order chi connectivity index (χ0) is 13.9. The monoisotopic (exact) mass is 254 g/mol. The summed E-state index contributed by atoms with van der Waals surface area (Å²) in [6.45, 7) is 6.61. The van der Waals surface area contributed by atoms with E-state index in [0.717, 1.165) is 12.8 Å². The molecule has 2 aromatic rings. The SMILES string of the molecule is CCCc1ccccc1.CCc1ccccc1CC. The minimum Gasteiger partial charge on any atom is -0.0651 e. The van der Waals surface area contributed by atoms with Crippen LogP contribution >= 0.6 is 0 Å². The van der Waals surface area contributed by atoms with E-state index in [1.165, 1.54) is 29.5 Å². The Morgan fingerprint density at radius 1 is 0.632 bits per heavy atom. The van der Waals surface area contributed by atoms with Crippen LogP contribution in [0.15, 0.2) is 54.6 Å². The molecule has 0 spiro atoms. The first kappa shape index (κ1) is 15.5. The standard InChI is InChI=1S/C10H14.C9H12/c1-3-9-7-5-6-8-10(9)4-2;1-2-6-9-7-4-3-5-8-9/h5-8H,3-4H2,1-2H3;3-5,7-8H,2,6H2,1H3. The second-order valence-corrected chi connectivity index (χ2v) is 4.71. The van der Waals surface area contributed by atoms with Gasteiger partial charge in [-0.25, -0.2) is 0 Å². The summed E-state index contributed by atoms with van der Waals surface area (Å²) in [5, 5.41) is 0. The van der Waals surface area contributed by atoms with Crippen LogP contribution < -0.4 is 0 Å². The van der Waals surface area contributed by atoms with Crippen LogP contribution in [0.4, 0.5) is 0 Å². The molecule has 0 fully saturated rings. The molecule has 0 unspecified atom stereocenters. The van der Waals surface area contributed by atoms with E-state index in [-0.39, 0.29) is 0 Å². The summed E-state index contributed by atoms with van der Waals surface area (Å²) in [7, 11) is 0. The summed E-state index contributed by atoms with van der Waals surface area (Å²) in [5.74, 6) is 0. The minimum atomic E-state index is 1.16. The number of aryl methyl sites for hydroxylation is 3. The summed E-state index contributed by atoms with van der Waals surface area (Å²) in [5.41, 5.74) is 4.43. The van der Waals surface area contributed by atoms with Crippen LogP contribution in [-0.4, -0.2) is 0 Å². The minimum absolute atomic E-state index is 1.16. The van der Waals surface area contributed by atoms with E-state index >= 15 is 0 Å². The largest absolute Gasteiger partial charge is 0.0651 e. The van der Waals surface area contributed by atoms with E-state index in [1.807, 2.05) is 0 Å². The maximum absolute atomic E-state index is 2.21. The quantitative estimate of drug-likeness (QED) is 0.680. The predicted octanol–water partition coefficient (Wildman–Crippen LogP) is 5.45. The maximum atomic E-state index is 2.21. The molecule has 0 saturated carbocycles. The molecule has 102 valence electrons. The zero-order valence-electron chi connectivity index (χ0n) is 12.5. The molecular formula is C19H26. The fraction of sp³-hybridized carbons (Fsp3) is 0.368. The molecule has 0 aliphatic rings. The van der Waals surface area contributed by atoms with Crippen molar-refractivity contribution in [1.29, 1.82) is 0 Å². The van der Waals surface area contributed by atoms with Gasteiger partial charge in [0.2, 0.25) is 0 Å². The van der Waals surface area contributed by atoms with Gasteiger partial charge in [-0.05, 0) is 36.0 Å². The first-order valence-electron chi connectivity index (χ1n) is 7.42. The second kappa shape index (κ2) is 9.38. The number of benzene rings is 2. The first-order valence-corrected chi connectivity index (χ1v) is 7.42. The van der Waals surface area contributed by atoms with E-state index < -0.39 is 0 Å². The van der Waals surface area contributed by atoms with Crippen LogP contribution in [0.1, 0.15) is 43.9 Å². The Balaban J connectivity index is 0.000000191. The normalized spacial score (nSPS) is 9.63. The first-order chi connectivity index (χ1) is 9.31. The molecule has 19 heavy (non-hydrogen) atoms. The lowest BCUT2D eigenvalue weighted by Gasteiger charge is -2.02. The number of rotatable bonds is 4. The van der Waals surface area contributed by atoms with Gasteiger partial charge in [-0.2, -0.15) is 0 Å². The molecule has 0 radical (unpaired) electrons. The summed E-state index contributed by atoms with van der Waals surface area (Å²) < 4.78 is 0. The fourth-order valence-corrected chi connectivity index (χ4v) is 2.18. The van der Waals surface area contributed by atoms with Crippen molar-refractivity contribution >= 4 is 0 Å². The van der Waals surface area contributed by atoms with Gasteiger partial charge < -0.3 is 0 Å². The lowest BCUT2D eigenvalue weighted by molar-refractivity contribution is 0.922. The lowest BCUT2D eigenvalue weighted by atomic mass is 10.0. The highest BCUT2D eigenvalue weighted by Crippen LogP contribution is 2.09. The Morgan fingerprint density at radius 2 is 1.11 bits per heavy atom. The van der Waals surface area contributed by atoms with E-state index in [2.05, 4.69) is 75.4 Å². The smallest absolute Gasteiger partial charge is 0.0281 e. The third-order valence-electron chi connectivity index (χ3n) is 3.26. The van der Waals surface area contributed by atoms with E-state index in [1.54, 1.807) is 0 Å². The Kier molecular flexibility index (Phi) is 7.65. The van der Waals surface area contributed by atoms with Crippen molar-refractivity contribution in [2.45, 2.75) is 46.5 Å². The van der Waals surface area contributed by atoms with Crippen LogP contribution in [-0.2, 0) is 19.3 Å². The van der Waals surface area contributed by atoms with Gasteiger partial charge in [0.15, 0.2) is 0 Å². The number of hydrogen-bond donors (Lipinski definition) is 0. The highest BCUT2D eigenvalue weighted by molar-refractivity contribution is 5.26. The molecule has 0 heterocycles. The molecule has 0 atom stereocenters. The summed E-state index contributed by atoms with van der Waals surface area (Å²) in [6.07, 6.45) is 4.76. The van der Waals surface area contributed by atoms with Gasteiger partial charge in [0.25, 0.3) is 0 Å². The zero-order valence-corrected chi connectivity index (χ0v) is 12.5. The molecule has 0 bridgehead atoms. The summed E-state index contributed by atoms with van der Waals surface area (Å²) >= 11 is 0. The predicted molar refractivity (Wildman–Crippen MR) is 85.6 cm³/mol. The van der Waals surface area contributed by atoms with Crippen molar-refractivity contribution in [2.75, 3.05) is 0 Å². The van der Waals surface area contributed by atoms with Gasteiger partial charge in [-0.3, -0.25) is 0 Å². The molecule has 0 saturated heterocycles. The van der Waals surface area contributed by atoms with Crippen LogP contribution in [0.25, 0.3) is 0 Å². The maximum Gasteiger partial charge on any atom is -0.0281 e. The highest BCUT2D eigenvalue weighted by atomic mass is 14.0. The lowest BCUT2D eigenvalue weighted by Crippen LogP contribution is -1.88. The fourth-order valence-electron chi connectivity index (χ4n) is 2.18. The molecule has 0 amide bonds. The third kappa shape index (κ3) is 5.74. The van der Waals surface area contributed by atoms with Crippen molar-refractivity contribution in [3.8, 4) is 0 Å². The van der Waals surface area contributed by atoms with Crippen molar-refractivity contribution in [3.05, 3.63) is 71.3 Å². The Labute approximate surface area is 118 Å². The van der Waals surface area contributed by atoms with Crippen molar-refractivity contribution in [1.82, 2.24) is 0 Å².